The Bertz CT molecular complexity index is 388. The number of para-hydroxylation sites is 1. The van der Waals surface area contributed by atoms with E-state index in [4.69, 9.17) is 4.74 Å². The summed E-state index contributed by atoms with van der Waals surface area (Å²) in [6.45, 7) is 0. The lowest BCUT2D eigenvalue weighted by Gasteiger charge is -2.11. The summed E-state index contributed by atoms with van der Waals surface area (Å²) in [4.78, 5) is 11.6. The van der Waals surface area contributed by atoms with E-state index in [9.17, 15) is 4.79 Å². The van der Waals surface area contributed by atoms with Gasteiger partial charge >= 0.3 is 0 Å². The number of hydrogen-bond acceptors (Lipinski definition) is 2. The van der Waals surface area contributed by atoms with Crippen molar-refractivity contribution in [3.63, 3.8) is 0 Å². The molecule has 0 unspecified atom stereocenters. The van der Waals surface area contributed by atoms with Crippen LogP contribution in [-0.2, 0) is 0 Å². The highest BCUT2D eigenvalue weighted by atomic mass is 79.9. The Labute approximate surface area is 96.9 Å². The van der Waals surface area contributed by atoms with Crippen molar-refractivity contribution >= 4 is 21.8 Å². The van der Waals surface area contributed by atoms with Crippen molar-refractivity contribution in [2.24, 2.45) is 0 Å². The first kappa shape index (κ1) is 10.5. The van der Waals surface area contributed by atoms with Crippen molar-refractivity contribution < 1.29 is 9.53 Å². The number of ether oxygens (including phenoxy) is 1. The van der Waals surface area contributed by atoms with Crippen molar-refractivity contribution in [2.75, 3.05) is 7.05 Å². The molecule has 2 rings (SSSR count). The van der Waals surface area contributed by atoms with E-state index in [0.29, 0.717) is 11.3 Å². The van der Waals surface area contributed by atoms with Crippen LogP contribution < -0.4 is 10.1 Å². The van der Waals surface area contributed by atoms with Crippen LogP contribution in [0.3, 0.4) is 0 Å². The Hall–Kier alpha value is -1.03. The molecule has 15 heavy (non-hydrogen) atoms. The molecule has 1 amide bonds. The van der Waals surface area contributed by atoms with Crippen LogP contribution in [0.2, 0.25) is 0 Å². The molecule has 3 nitrogen and oxygen atoms in total. The van der Waals surface area contributed by atoms with E-state index in [-0.39, 0.29) is 12.0 Å². The molecule has 0 atom stereocenters. The fourth-order valence-electron chi connectivity index (χ4n) is 1.29. The van der Waals surface area contributed by atoms with E-state index in [0.717, 1.165) is 17.3 Å². The number of carbonyl (C=O) groups excluding carboxylic acids is 1. The topological polar surface area (TPSA) is 38.3 Å². The predicted molar refractivity (Wildman–Crippen MR) is 61.2 cm³/mol. The highest BCUT2D eigenvalue weighted by Crippen LogP contribution is 2.34. The molecule has 0 radical (unpaired) electrons. The second kappa shape index (κ2) is 4.23. The highest BCUT2D eigenvalue weighted by molar-refractivity contribution is 9.10. The third-order valence-electron chi connectivity index (χ3n) is 2.25. The molecule has 80 valence electrons. The number of benzene rings is 1. The number of halogens is 1. The molecular formula is C11H12BrNO2. The highest BCUT2D eigenvalue weighted by Gasteiger charge is 2.26. The molecule has 4 heteroatoms. The van der Waals surface area contributed by atoms with Crippen molar-refractivity contribution in [2.45, 2.75) is 18.9 Å². The zero-order chi connectivity index (χ0) is 10.8. The van der Waals surface area contributed by atoms with Gasteiger partial charge in [-0.3, -0.25) is 4.79 Å². The molecule has 1 aromatic carbocycles. The summed E-state index contributed by atoms with van der Waals surface area (Å²) in [5, 5.41) is 2.60. The zero-order valence-corrected chi connectivity index (χ0v) is 10.0. The summed E-state index contributed by atoms with van der Waals surface area (Å²) in [6, 6.07) is 5.47. The van der Waals surface area contributed by atoms with Gasteiger partial charge in [0.25, 0.3) is 5.91 Å². The van der Waals surface area contributed by atoms with Crippen LogP contribution in [0.25, 0.3) is 0 Å². The van der Waals surface area contributed by atoms with Crippen molar-refractivity contribution in [3.05, 3.63) is 28.2 Å². The molecular weight excluding hydrogens is 258 g/mol. The van der Waals surface area contributed by atoms with Gasteiger partial charge in [-0.15, -0.1) is 0 Å². The van der Waals surface area contributed by atoms with Gasteiger partial charge in [0.05, 0.1) is 16.1 Å². The Morgan fingerprint density at radius 3 is 2.87 bits per heavy atom. The second-order valence-corrected chi connectivity index (χ2v) is 4.37. The average molecular weight is 270 g/mol. The monoisotopic (exact) mass is 269 g/mol. The van der Waals surface area contributed by atoms with Crippen LogP contribution in [0.1, 0.15) is 23.2 Å². The molecule has 0 spiro atoms. The molecule has 0 saturated heterocycles. The summed E-state index contributed by atoms with van der Waals surface area (Å²) >= 11 is 3.40. The standard InChI is InChI=1S/C11H12BrNO2/c1-13-11(14)8-3-2-4-9(12)10(8)15-7-5-6-7/h2-4,7H,5-6H2,1H3,(H,13,14). The molecule has 1 aromatic rings. The average Bonchev–Trinajstić information content (AvgIpc) is 3.04. The van der Waals surface area contributed by atoms with E-state index in [2.05, 4.69) is 21.2 Å². The zero-order valence-electron chi connectivity index (χ0n) is 8.42. The Kier molecular flexibility index (Phi) is 2.95. The van der Waals surface area contributed by atoms with E-state index >= 15 is 0 Å². The number of nitrogens with one attached hydrogen (secondary N) is 1. The van der Waals surface area contributed by atoms with Crippen LogP contribution in [0.4, 0.5) is 0 Å². The van der Waals surface area contributed by atoms with Gasteiger partial charge in [-0.05, 0) is 40.9 Å². The van der Waals surface area contributed by atoms with E-state index < -0.39 is 0 Å². The Morgan fingerprint density at radius 1 is 1.53 bits per heavy atom. The van der Waals surface area contributed by atoms with E-state index in [1.165, 1.54) is 0 Å². The fraction of sp³-hybridized carbons (Fsp3) is 0.364. The summed E-state index contributed by atoms with van der Waals surface area (Å²) < 4.78 is 6.53. The fourth-order valence-corrected chi connectivity index (χ4v) is 1.75. The first-order valence-electron chi connectivity index (χ1n) is 4.89. The molecule has 0 bridgehead atoms. The van der Waals surface area contributed by atoms with Crippen molar-refractivity contribution in [1.82, 2.24) is 5.32 Å². The molecule has 1 aliphatic carbocycles. The molecule has 1 aliphatic rings. The summed E-state index contributed by atoms with van der Waals surface area (Å²) in [5.41, 5.74) is 0.582. The van der Waals surface area contributed by atoms with Crippen LogP contribution in [0.5, 0.6) is 5.75 Å². The van der Waals surface area contributed by atoms with Crippen LogP contribution in [0, 0.1) is 0 Å². The molecule has 1 saturated carbocycles. The molecule has 1 N–H and O–H groups in total. The third kappa shape index (κ3) is 2.31. The van der Waals surface area contributed by atoms with Gasteiger partial charge in [0, 0.05) is 7.05 Å². The minimum atomic E-state index is -0.119. The SMILES string of the molecule is CNC(=O)c1cccc(Br)c1OC1CC1. The third-order valence-corrected chi connectivity index (χ3v) is 2.87. The van der Waals surface area contributed by atoms with Crippen LogP contribution in [-0.4, -0.2) is 19.1 Å². The van der Waals surface area contributed by atoms with Crippen molar-refractivity contribution in [3.8, 4) is 5.75 Å². The molecule has 0 aliphatic heterocycles. The van der Waals surface area contributed by atoms with Gasteiger partial charge in [-0.2, -0.15) is 0 Å². The minimum Gasteiger partial charge on any atom is -0.488 e. The van der Waals surface area contributed by atoms with E-state index in [1.54, 1.807) is 13.1 Å². The van der Waals surface area contributed by atoms with Crippen molar-refractivity contribution in [1.29, 1.82) is 0 Å². The molecule has 0 aromatic heterocycles. The van der Waals surface area contributed by atoms with Crippen LogP contribution >= 0.6 is 15.9 Å². The maximum Gasteiger partial charge on any atom is 0.254 e. The lowest BCUT2D eigenvalue weighted by atomic mass is 10.2. The lowest BCUT2D eigenvalue weighted by molar-refractivity contribution is 0.0958. The van der Waals surface area contributed by atoms with Gasteiger partial charge in [0.1, 0.15) is 5.75 Å². The molecule has 1 fully saturated rings. The van der Waals surface area contributed by atoms with Gasteiger partial charge in [0.15, 0.2) is 0 Å². The quantitative estimate of drug-likeness (QED) is 0.915. The Balaban J connectivity index is 2.33. The van der Waals surface area contributed by atoms with Gasteiger partial charge in [0.2, 0.25) is 0 Å². The summed E-state index contributed by atoms with van der Waals surface area (Å²) in [6.07, 6.45) is 2.44. The maximum atomic E-state index is 11.6. The second-order valence-electron chi connectivity index (χ2n) is 3.51. The number of carbonyl (C=O) groups is 1. The first-order chi connectivity index (χ1) is 7.22. The van der Waals surface area contributed by atoms with Gasteiger partial charge < -0.3 is 10.1 Å². The predicted octanol–water partition coefficient (Wildman–Crippen LogP) is 2.35. The normalized spacial score (nSPS) is 14.8. The number of amides is 1. The van der Waals surface area contributed by atoms with Crippen LogP contribution in [0.15, 0.2) is 22.7 Å². The smallest absolute Gasteiger partial charge is 0.254 e. The first-order valence-corrected chi connectivity index (χ1v) is 5.69. The minimum absolute atomic E-state index is 0.119. The largest absolute Gasteiger partial charge is 0.488 e. The summed E-state index contributed by atoms with van der Waals surface area (Å²) in [5.74, 6) is 0.534. The Morgan fingerprint density at radius 2 is 2.27 bits per heavy atom. The number of hydrogen-bond donors (Lipinski definition) is 1. The maximum absolute atomic E-state index is 11.6. The lowest BCUT2D eigenvalue weighted by Crippen LogP contribution is -2.19. The molecule has 0 heterocycles. The van der Waals surface area contributed by atoms with E-state index in [1.807, 2.05) is 12.1 Å². The van der Waals surface area contributed by atoms with Gasteiger partial charge in [-0.25, -0.2) is 0 Å². The summed E-state index contributed by atoms with van der Waals surface area (Å²) in [7, 11) is 1.62. The van der Waals surface area contributed by atoms with Gasteiger partial charge in [-0.1, -0.05) is 6.07 Å². The number of rotatable bonds is 3.